The Morgan fingerprint density at radius 2 is 1.78 bits per heavy atom. The van der Waals surface area contributed by atoms with Crippen LogP contribution in [-0.2, 0) is 25.5 Å². The van der Waals surface area contributed by atoms with Gasteiger partial charge in [-0.2, -0.15) is 0 Å². The minimum Gasteiger partial charge on any atom is -0.453 e. The first-order valence-electron chi connectivity index (χ1n) is 15.2. The van der Waals surface area contributed by atoms with Crippen LogP contribution in [0.1, 0.15) is 24.8 Å². The highest BCUT2D eigenvalue weighted by molar-refractivity contribution is 7.22. The Kier molecular flexibility index (Phi) is 12.7. The van der Waals surface area contributed by atoms with Crippen LogP contribution in [0.2, 0.25) is 0 Å². The van der Waals surface area contributed by atoms with Crippen LogP contribution in [0.5, 0.6) is 5.75 Å². The van der Waals surface area contributed by atoms with Crippen LogP contribution in [0.25, 0.3) is 20.8 Å². The van der Waals surface area contributed by atoms with Crippen LogP contribution in [0.3, 0.4) is 0 Å². The molecular weight excluding hydrogens is 601 g/mol. The number of allylic oxidation sites excluding steroid dienone is 1. The number of urea groups is 1. The summed E-state index contributed by atoms with van der Waals surface area (Å²) in [4.78, 5) is 22.1. The third-order valence-corrected chi connectivity index (χ3v) is 8.13. The number of carbonyl (C=O) groups excluding carboxylic acids is 1. The number of halogens is 1. The molecule has 242 valence electrons. The van der Waals surface area contributed by atoms with E-state index < -0.39 is 11.9 Å². The maximum absolute atomic E-state index is 14.9. The number of aromatic nitrogens is 2. The van der Waals surface area contributed by atoms with E-state index in [0.717, 1.165) is 39.2 Å². The zero-order chi connectivity index (χ0) is 31.3. The van der Waals surface area contributed by atoms with E-state index in [9.17, 15) is 9.18 Å². The Morgan fingerprint density at radius 1 is 1.00 bits per heavy atom. The van der Waals surface area contributed by atoms with E-state index in [2.05, 4.69) is 25.9 Å². The van der Waals surface area contributed by atoms with Crippen LogP contribution in [0.4, 0.5) is 9.18 Å². The molecule has 3 heterocycles. The topological polar surface area (TPSA) is 125 Å². The molecule has 0 aliphatic heterocycles. The van der Waals surface area contributed by atoms with Gasteiger partial charge in [-0.25, -0.2) is 9.18 Å². The molecule has 0 saturated heterocycles. The molecule has 2 aliphatic rings. The number of ether oxygens (including phenoxy) is 5. The maximum Gasteiger partial charge on any atom is 0.315 e. The second-order valence-corrected chi connectivity index (χ2v) is 11.7. The third kappa shape index (κ3) is 10.6. The molecule has 2 aliphatic carbocycles. The highest BCUT2D eigenvalue weighted by atomic mass is 32.1. The molecule has 3 aromatic heterocycles. The Bertz CT molecular complexity index is 1450. The predicted octanol–water partition coefficient (Wildman–Crippen LogP) is 4.49. The number of amides is 2. The van der Waals surface area contributed by atoms with E-state index in [1.165, 1.54) is 17.4 Å². The molecule has 45 heavy (non-hydrogen) atoms. The zero-order valence-electron chi connectivity index (χ0n) is 25.4. The summed E-state index contributed by atoms with van der Waals surface area (Å²) in [5.41, 5.74) is 2.63. The second kappa shape index (κ2) is 17.3. The van der Waals surface area contributed by atoms with Gasteiger partial charge in [-0.05, 0) is 49.1 Å². The van der Waals surface area contributed by atoms with Gasteiger partial charge in [0.1, 0.15) is 5.75 Å². The number of thiophene rings is 1. The number of methoxy groups -OCH3 is 1. The van der Waals surface area contributed by atoms with Crippen molar-refractivity contribution < 1.29 is 32.9 Å². The smallest absolute Gasteiger partial charge is 0.315 e. The Labute approximate surface area is 266 Å². The summed E-state index contributed by atoms with van der Waals surface area (Å²) in [6.07, 6.45) is 8.96. The molecule has 1 saturated carbocycles. The van der Waals surface area contributed by atoms with Crippen molar-refractivity contribution in [2.75, 3.05) is 59.9 Å². The fraction of sp³-hybridized carbons (Fsp3) is 0.469. The number of nitrogens with zero attached hydrogens (tertiary/aromatic N) is 2. The minimum absolute atomic E-state index is 0.131. The summed E-state index contributed by atoms with van der Waals surface area (Å²) in [5.74, 6) is 0.138. The number of pyridine rings is 2. The molecule has 1 fully saturated rings. The average molecular weight is 642 g/mol. The number of rotatable bonds is 19. The summed E-state index contributed by atoms with van der Waals surface area (Å²) in [6.45, 7) is 5.29. The summed E-state index contributed by atoms with van der Waals surface area (Å²) in [7, 11) is 1.65. The van der Waals surface area contributed by atoms with Crippen molar-refractivity contribution in [2.45, 2.75) is 37.9 Å². The van der Waals surface area contributed by atoms with Gasteiger partial charge >= 0.3 is 6.03 Å². The standard InChI is InChI=1S/C32H40FN5O6S/c1-40-12-13-42-16-17-43-15-14-41-11-10-34-20-22-2-6-26(36-21-22)30-19-27-31(45-30)29(8-9-35-27)44-28-7-5-24(18-25(28)33)38-32(39)37-23-3-4-23/h2,6-9,18-19,21,23-24,34H,3-5,10-17,20H2,1H3,(H2,37,38,39). The van der Waals surface area contributed by atoms with Gasteiger partial charge < -0.3 is 39.6 Å². The number of hydrogen-bond donors (Lipinski definition) is 3. The van der Waals surface area contributed by atoms with Crippen LogP contribution in [-0.4, -0.2) is 88.0 Å². The van der Waals surface area contributed by atoms with E-state index in [-0.39, 0.29) is 17.8 Å². The lowest BCUT2D eigenvalue weighted by atomic mass is 10.1. The monoisotopic (exact) mass is 641 g/mol. The third-order valence-electron chi connectivity index (χ3n) is 6.97. The lowest BCUT2D eigenvalue weighted by Gasteiger charge is -2.19. The Morgan fingerprint density at radius 3 is 2.49 bits per heavy atom. The van der Waals surface area contributed by atoms with Crippen molar-refractivity contribution in [2.24, 2.45) is 0 Å². The second-order valence-electron chi connectivity index (χ2n) is 10.6. The van der Waals surface area contributed by atoms with E-state index in [0.29, 0.717) is 71.5 Å². The quantitative estimate of drug-likeness (QED) is 0.162. The van der Waals surface area contributed by atoms with Gasteiger partial charge in [0.15, 0.2) is 11.6 Å². The normalized spacial score (nSPS) is 16.4. The van der Waals surface area contributed by atoms with Gasteiger partial charge in [-0.3, -0.25) is 9.97 Å². The molecule has 2 amide bonds. The van der Waals surface area contributed by atoms with Gasteiger partial charge in [-0.15, -0.1) is 11.3 Å². The first-order chi connectivity index (χ1) is 22.1. The van der Waals surface area contributed by atoms with Crippen LogP contribution in [0, 0.1) is 0 Å². The number of fused-ring (bicyclic) bond motifs is 1. The molecule has 11 nitrogen and oxygen atoms in total. The molecule has 3 N–H and O–H groups in total. The van der Waals surface area contributed by atoms with Crippen molar-refractivity contribution in [3.63, 3.8) is 0 Å². The molecule has 0 aromatic carbocycles. The fourth-order valence-corrected chi connectivity index (χ4v) is 5.49. The van der Waals surface area contributed by atoms with E-state index >= 15 is 0 Å². The predicted molar refractivity (Wildman–Crippen MR) is 170 cm³/mol. The van der Waals surface area contributed by atoms with Gasteiger partial charge in [0.25, 0.3) is 0 Å². The lowest BCUT2D eigenvalue weighted by molar-refractivity contribution is 0.00408. The molecule has 0 bridgehead atoms. The van der Waals surface area contributed by atoms with Crippen molar-refractivity contribution in [1.29, 1.82) is 0 Å². The molecule has 13 heteroatoms. The molecule has 5 rings (SSSR count). The highest BCUT2D eigenvalue weighted by Crippen LogP contribution is 2.38. The van der Waals surface area contributed by atoms with Crippen LogP contribution < -0.4 is 20.7 Å². The number of carbonyl (C=O) groups is 1. The van der Waals surface area contributed by atoms with Crippen molar-refractivity contribution in [3.8, 4) is 16.3 Å². The maximum atomic E-state index is 14.9. The zero-order valence-corrected chi connectivity index (χ0v) is 26.2. The van der Waals surface area contributed by atoms with Crippen LogP contribution in [0.15, 0.2) is 60.4 Å². The Balaban J connectivity index is 1.04. The summed E-state index contributed by atoms with van der Waals surface area (Å²) < 4.78 is 43.0. The molecule has 1 atom stereocenters. The van der Waals surface area contributed by atoms with Crippen LogP contribution >= 0.6 is 11.3 Å². The fourth-order valence-electron chi connectivity index (χ4n) is 4.45. The molecule has 0 spiro atoms. The highest BCUT2D eigenvalue weighted by Gasteiger charge is 2.25. The van der Waals surface area contributed by atoms with Gasteiger partial charge in [0.05, 0.1) is 73.1 Å². The Hall–Kier alpha value is -3.46. The van der Waals surface area contributed by atoms with E-state index in [1.807, 2.05) is 24.4 Å². The van der Waals surface area contributed by atoms with Crippen molar-refractivity contribution in [3.05, 3.63) is 66.0 Å². The number of hydrogen-bond acceptors (Lipinski definition) is 10. The van der Waals surface area contributed by atoms with Crippen molar-refractivity contribution >= 4 is 27.6 Å². The van der Waals surface area contributed by atoms with E-state index in [4.69, 9.17) is 23.7 Å². The first-order valence-corrected chi connectivity index (χ1v) is 16.0. The minimum atomic E-state index is -0.512. The molecule has 0 radical (unpaired) electrons. The number of nitrogens with one attached hydrogen (secondary N) is 3. The average Bonchev–Trinajstić information content (AvgIpc) is 3.74. The van der Waals surface area contributed by atoms with Crippen molar-refractivity contribution in [1.82, 2.24) is 25.9 Å². The largest absolute Gasteiger partial charge is 0.453 e. The first kappa shape index (κ1) is 32.9. The van der Waals surface area contributed by atoms with Gasteiger partial charge in [-0.1, -0.05) is 6.07 Å². The van der Waals surface area contributed by atoms with Gasteiger partial charge in [0.2, 0.25) is 0 Å². The van der Waals surface area contributed by atoms with E-state index in [1.54, 1.807) is 25.4 Å². The molecule has 3 aromatic rings. The molecule has 1 unspecified atom stereocenters. The molecular formula is C32H40FN5O6S. The SMILES string of the molecule is COCCOCCOCCOCCNCc1ccc(-c2cc3nccc(OC4=CCC(NC(=O)NC5CC5)C=C4F)c3s2)nc1. The summed E-state index contributed by atoms with van der Waals surface area (Å²) >= 11 is 1.49. The lowest BCUT2D eigenvalue weighted by Crippen LogP contribution is -2.42. The van der Waals surface area contributed by atoms with Gasteiger partial charge in [0, 0.05) is 44.7 Å². The summed E-state index contributed by atoms with van der Waals surface area (Å²) in [5, 5.41) is 9.00. The summed E-state index contributed by atoms with van der Waals surface area (Å²) in [6, 6.07) is 7.25.